The molecule has 15 heavy (non-hydrogen) atoms. The van der Waals surface area contributed by atoms with E-state index in [-0.39, 0.29) is 0 Å². The smallest absolute Gasteiger partial charge is 0.129 e. The summed E-state index contributed by atoms with van der Waals surface area (Å²) in [5.41, 5.74) is 1.81. The van der Waals surface area contributed by atoms with Crippen molar-refractivity contribution in [1.82, 2.24) is 0 Å². The van der Waals surface area contributed by atoms with Crippen molar-refractivity contribution >= 4 is 5.78 Å². The van der Waals surface area contributed by atoms with Crippen LogP contribution in [0.5, 0.6) is 0 Å². The van der Waals surface area contributed by atoms with E-state index < -0.39 is 0 Å². The Labute approximate surface area is 93.9 Å². The molecule has 0 aromatic rings. The largest absolute Gasteiger partial charge is 0.300 e. The minimum atomic E-state index is 0.310. The van der Waals surface area contributed by atoms with Gasteiger partial charge in [0, 0.05) is 6.42 Å². The summed E-state index contributed by atoms with van der Waals surface area (Å²) in [7, 11) is 0. The maximum absolute atomic E-state index is 11.0. The molecule has 1 unspecified atom stereocenters. The highest BCUT2D eigenvalue weighted by molar-refractivity contribution is 5.75. The second kappa shape index (κ2) is 4.96. The standard InChI is InChI=1S/C14H24O/c1-11-6-5-9-14(3,4)10-13(11)8-7-12(2)15/h13H,1,5-10H2,2-4H3. The lowest BCUT2D eigenvalue weighted by Crippen LogP contribution is -2.15. The van der Waals surface area contributed by atoms with Crippen molar-refractivity contribution in [2.24, 2.45) is 11.3 Å². The van der Waals surface area contributed by atoms with Gasteiger partial charge < -0.3 is 4.79 Å². The average Bonchev–Trinajstić information content (AvgIpc) is 2.22. The van der Waals surface area contributed by atoms with E-state index >= 15 is 0 Å². The number of hydrogen-bond donors (Lipinski definition) is 0. The van der Waals surface area contributed by atoms with Crippen molar-refractivity contribution in [2.45, 2.75) is 59.3 Å². The lowest BCUT2D eigenvalue weighted by Gasteiger charge is -2.26. The Kier molecular flexibility index (Phi) is 4.12. The van der Waals surface area contributed by atoms with Crippen molar-refractivity contribution < 1.29 is 4.79 Å². The summed E-state index contributed by atoms with van der Waals surface area (Å²) in [6.07, 6.45) is 6.66. The van der Waals surface area contributed by atoms with E-state index in [1.54, 1.807) is 6.92 Å². The Hall–Kier alpha value is -0.590. The summed E-state index contributed by atoms with van der Waals surface area (Å²) >= 11 is 0. The number of allylic oxidation sites excluding steroid dienone is 1. The molecule has 1 atom stereocenters. The van der Waals surface area contributed by atoms with Crippen LogP contribution >= 0.6 is 0 Å². The van der Waals surface area contributed by atoms with E-state index in [1.165, 1.54) is 24.8 Å². The number of carbonyl (C=O) groups is 1. The molecule has 1 aliphatic carbocycles. The number of Topliss-reactive ketones (excluding diaryl/α,β-unsaturated/α-hetero) is 1. The van der Waals surface area contributed by atoms with Crippen LogP contribution in [0.25, 0.3) is 0 Å². The van der Waals surface area contributed by atoms with Crippen molar-refractivity contribution in [3.8, 4) is 0 Å². The van der Waals surface area contributed by atoms with E-state index in [0.29, 0.717) is 17.1 Å². The predicted molar refractivity (Wildman–Crippen MR) is 64.8 cm³/mol. The summed E-state index contributed by atoms with van der Waals surface area (Å²) in [6.45, 7) is 10.6. The first kappa shape index (κ1) is 12.5. The molecule has 0 N–H and O–H groups in total. The van der Waals surface area contributed by atoms with Gasteiger partial charge in [-0.15, -0.1) is 0 Å². The molecule has 86 valence electrons. The highest BCUT2D eigenvalue weighted by Crippen LogP contribution is 2.40. The van der Waals surface area contributed by atoms with Gasteiger partial charge in [0.05, 0.1) is 0 Å². The molecule has 1 fully saturated rings. The lowest BCUT2D eigenvalue weighted by molar-refractivity contribution is -0.117. The topological polar surface area (TPSA) is 17.1 Å². The quantitative estimate of drug-likeness (QED) is 0.503. The van der Waals surface area contributed by atoms with Crippen molar-refractivity contribution in [1.29, 1.82) is 0 Å². The highest BCUT2D eigenvalue weighted by Gasteiger charge is 2.27. The molecule has 0 aromatic heterocycles. The molecule has 0 saturated heterocycles. The third-order valence-corrected chi connectivity index (χ3v) is 3.57. The fourth-order valence-corrected chi connectivity index (χ4v) is 2.60. The zero-order valence-electron chi connectivity index (χ0n) is 10.4. The van der Waals surface area contributed by atoms with E-state index in [0.717, 1.165) is 19.3 Å². The van der Waals surface area contributed by atoms with Gasteiger partial charge in [0.15, 0.2) is 0 Å². The van der Waals surface area contributed by atoms with Crippen molar-refractivity contribution in [3.05, 3.63) is 12.2 Å². The number of rotatable bonds is 3. The van der Waals surface area contributed by atoms with Gasteiger partial charge in [0.25, 0.3) is 0 Å². The number of ketones is 1. The molecule has 0 radical (unpaired) electrons. The van der Waals surface area contributed by atoms with Crippen LogP contribution in [0.4, 0.5) is 0 Å². The zero-order valence-corrected chi connectivity index (χ0v) is 10.4. The molecule has 0 spiro atoms. The minimum Gasteiger partial charge on any atom is -0.300 e. The van der Waals surface area contributed by atoms with Crippen LogP contribution in [0.1, 0.15) is 59.3 Å². The molecule has 1 aliphatic rings. The average molecular weight is 208 g/mol. The van der Waals surface area contributed by atoms with Gasteiger partial charge >= 0.3 is 0 Å². The molecular formula is C14H24O. The van der Waals surface area contributed by atoms with Crippen LogP contribution in [-0.2, 0) is 4.79 Å². The van der Waals surface area contributed by atoms with Crippen molar-refractivity contribution in [3.63, 3.8) is 0 Å². The van der Waals surface area contributed by atoms with Gasteiger partial charge in [-0.3, -0.25) is 0 Å². The fourth-order valence-electron chi connectivity index (χ4n) is 2.60. The van der Waals surface area contributed by atoms with Gasteiger partial charge in [0.1, 0.15) is 5.78 Å². The fraction of sp³-hybridized carbons (Fsp3) is 0.786. The molecule has 0 amide bonds. The normalized spacial score (nSPS) is 26.1. The molecular weight excluding hydrogens is 184 g/mol. The zero-order chi connectivity index (χ0) is 11.5. The monoisotopic (exact) mass is 208 g/mol. The Bertz CT molecular complexity index is 250. The van der Waals surface area contributed by atoms with Gasteiger partial charge in [-0.2, -0.15) is 0 Å². The summed E-state index contributed by atoms with van der Waals surface area (Å²) in [5.74, 6) is 0.885. The summed E-state index contributed by atoms with van der Waals surface area (Å²) in [5, 5.41) is 0. The van der Waals surface area contributed by atoms with Crippen LogP contribution < -0.4 is 0 Å². The van der Waals surface area contributed by atoms with Gasteiger partial charge in [0.2, 0.25) is 0 Å². The molecule has 1 rings (SSSR count). The Morgan fingerprint density at radius 2 is 2.20 bits per heavy atom. The number of hydrogen-bond acceptors (Lipinski definition) is 1. The van der Waals surface area contributed by atoms with Crippen molar-refractivity contribution in [2.75, 3.05) is 0 Å². The Morgan fingerprint density at radius 3 is 2.80 bits per heavy atom. The van der Waals surface area contributed by atoms with Crippen LogP contribution in [0, 0.1) is 11.3 Å². The van der Waals surface area contributed by atoms with Gasteiger partial charge in [-0.25, -0.2) is 0 Å². The first-order valence-corrected chi connectivity index (χ1v) is 6.08. The second-order valence-electron chi connectivity index (χ2n) is 5.82. The van der Waals surface area contributed by atoms with E-state index in [4.69, 9.17) is 0 Å². The SMILES string of the molecule is C=C1CCCC(C)(C)CC1CCC(C)=O. The number of carbonyl (C=O) groups excluding carboxylic acids is 1. The van der Waals surface area contributed by atoms with Gasteiger partial charge in [-0.1, -0.05) is 26.0 Å². The summed E-state index contributed by atoms with van der Waals surface area (Å²) in [4.78, 5) is 11.0. The molecule has 0 aromatic carbocycles. The van der Waals surface area contributed by atoms with E-state index in [9.17, 15) is 4.79 Å². The lowest BCUT2D eigenvalue weighted by atomic mass is 9.79. The van der Waals surface area contributed by atoms with Crippen LogP contribution in [0.15, 0.2) is 12.2 Å². The molecule has 1 heteroatoms. The highest BCUT2D eigenvalue weighted by atomic mass is 16.1. The summed E-state index contributed by atoms with van der Waals surface area (Å²) in [6, 6.07) is 0. The van der Waals surface area contributed by atoms with E-state index in [1.807, 2.05) is 0 Å². The first-order chi connectivity index (χ1) is 6.91. The van der Waals surface area contributed by atoms with Crippen LogP contribution in [-0.4, -0.2) is 5.78 Å². The second-order valence-corrected chi connectivity index (χ2v) is 5.82. The predicted octanol–water partition coefficient (Wildman–Crippen LogP) is 4.13. The minimum absolute atomic E-state index is 0.310. The van der Waals surface area contributed by atoms with E-state index in [2.05, 4.69) is 20.4 Å². The molecule has 0 aliphatic heterocycles. The van der Waals surface area contributed by atoms with Gasteiger partial charge in [-0.05, 0) is 50.4 Å². The molecule has 1 saturated carbocycles. The molecule has 1 nitrogen and oxygen atoms in total. The van der Waals surface area contributed by atoms with Crippen LogP contribution in [0.3, 0.4) is 0 Å². The third-order valence-electron chi connectivity index (χ3n) is 3.57. The Balaban J connectivity index is 2.58. The third kappa shape index (κ3) is 4.19. The van der Waals surface area contributed by atoms with Crippen LogP contribution in [0.2, 0.25) is 0 Å². The molecule has 0 heterocycles. The maximum atomic E-state index is 11.0. The summed E-state index contributed by atoms with van der Waals surface area (Å²) < 4.78 is 0. The Morgan fingerprint density at radius 1 is 1.53 bits per heavy atom. The maximum Gasteiger partial charge on any atom is 0.129 e. The first-order valence-electron chi connectivity index (χ1n) is 6.08. The molecule has 0 bridgehead atoms.